The van der Waals surface area contributed by atoms with Gasteiger partial charge in [-0.1, -0.05) is 6.07 Å². The van der Waals surface area contributed by atoms with E-state index in [0.717, 1.165) is 22.4 Å². The molecule has 3 heteroatoms. The van der Waals surface area contributed by atoms with Crippen LogP contribution in [0.2, 0.25) is 0 Å². The van der Waals surface area contributed by atoms with Gasteiger partial charge in [0.1, 0.15) is 5.75 Å². The second kappa shape index (κ2) is 4.64. The topological polar surface area (TPSA) is 55.5 Å². The van der Waals surface area contributed by atoms with Gasteiger partial charge in [-0.2, -0.15) is 0 Å². The molecule has 0 saturated heterocycles. The highest BCUT2D eigenvalue weighted by Crippen LogP contribution is 2.30. The van der Waals surface area contributed by atoms with E-state index >= 15 is 0 Å². The second-order valence-corrected chi connectivity index (χ2v) is 3.93. The van der Waals surface area contributed by atoms with Crippen molar-refractivity contribution >= 4 is 0 Å². The highest BCUT2D eigenvalue weighted by atomic mass is 16.5. The third kappa shape index (κ3) is 2.30. The molecule has 0 spiro atoms. The van der Waals surface area contributed by atoms with Gasteiger partial charge in [0.05, 0.1) is 13.2 Å². The largest absolute Gasteiger partial charge is 0.496 e. The number of ether oxygens (including phenoxy) is 1. The third-order valence-corrected chi connectivity index (χ3v) is 2.70. The number of aliphatic hydroxyl groups is 1. The van der Waals surface area contributed by atoms with Crippen molar-refractivity contribution in [2.75, 3.05) is 7.11 Å². The number of aryl methyl sites for hydroxylation is 1. The average molecular weight is 209 g/mol. The van der Waals surface area contributed by atoms with Crippen LogP contribution >= 0.6 is 0 Å². The fourth-order valence-corrected chi connectivity index (χ4v) is 1.78. The Morgan fingerprint density at radius 2 is 1.93 bits per heavy atom. The number of hydrogen-bond donors (Lipinski definition) is 2. The molecule has 3 N–H and O–H groups in total. The fraction of sp³-hybridized carbons (Fsp3) is 0.500. The van der Waals surface area contributed by atoms with E-state index in [9.17, 15) is 5.11 Å². The summed E-state index contributed by atoms with van der Waals surface area (Å²) >= 11 is 0. The van der Waals surface area contributed by atoms with E-state index in [1.54, 1.807) is 14.0 Å². The Labute approximate surface area is 90.9 Å². The first-order chi connectivity index (χ1) is 6.99. The summed E-state index contributed by atoms with van der Waals surface area (Å²) < 4.78 is 5.22. The number of benzene rings is 1. The number of rotatable bonds is 3. The molecule has 1 aromatic rings. The van der Waals surface area contributed by atoms with Crippen LogP contribution in [0.3, 0.4) is 0 Å². The molecule has 0 aromatic heterocycles. The first-order valence-electron chi connectivity index (χ1n) is 5.06. The van der Waals surface area contributed by atoms with Gasteiger partial charge in [0.25, 0.3) is 0 Å². The molecule has 84 valence electrons. The summed E-state index contributed by atoms with van der Waals surface area (Å²) in [6.45, 7) is 5.70. The van der Waals surface area contributed by atoms with Crippen molar-refractivity contribution in [1.82, 2.24) is 0 Å². The van der Waals surface area contributed by atoms with E-state index in [-0.39, 0.29) is 6.04 Å². The molecule has 0 saturated carbocycles. The van der Waals surface area contributed by atoms with Crippen LogP contribution in [0.1, 0.15) is 29.7 Å². The minimum absolute atomic E-state index is 0.283. The Hall–Kier alpha value is -1.06. The average Bonchev–Trinajstić information content (AvgIpc) is 2.17. The lowest BCUT2D eigenvalue weighted by Gasteiger charge is -2.21. The van der Waals surface area contributed by atoms with Crippen molar-refractivity contribution < 1.29 is 9.84 Å². The maximum absolute atomic E-state index is 10.00. The number of aliphatic hydroxyl groups excluding tert-OH is 1. The van der Waals surface area contributed by atoms with Gasteiger partial charge in [-0.05, 0) is 43.5 Å². The van der Waals surface area contributed by atoms with Gasteiger partial charge in [0.2, 0.25) is 0 Å². The summed E-state index contributed by atoms with van der Waals surface area (Å²) in [7, 11) is 1.62. The van der Waals surface area contributed by atoms with E-state index in [2.05, 4.69) is 0 Å². The maximum Gasteiger partial charge on any atom is 0.122 e. The molecule has 1 aromatic carbocycles. The molecule has 1 rings (SSSR count). The van der Waals surface area contributed by atoms with Gasteiger partial charge in [-0.3, -0.25) is 0 Å². The highest BCUT2D eigenvalue weighted by molar-refractivity contribution is 5.45. The smallest absolute Gasteiger partial charge is 0.122 e. The lowest BCUT2D eigenvalue weighted by atomic mass is 9.94. The predicted molar refractivity (Wildman–Crippen MR) is 61.1 cm³/mol. The number of methoxy groups -OCH3 is 1. The molecule has 15 heavy (non-hydrogen) atoms. The molecule has 0 heterocycles. The molecule has 2 atom stereocenters. The molecule has 3 nitrogen and oxygen atoms in total. The Kier molecular flexibility index (Phi) is 3.72. The minimum atomic E-state index is -0.639. The Bertz CT molecular complexity index is 348. The molecule has 0 radical (unpaired) electrons. The van der Waals surface area contributed by atoms with Crippen LogP contribution in [-0.4, -0.2) is 18.3 Å². The van der Waals surface area contributed by atoms with Crippen LogP contribution in [0.5, 0.6) is 5.75 Å². The molecule has 0 amide bonds. The van der Waals surface area contributed by atoms with Crippen LogP contribution in [0.25, 0.3) is 0 Å². The first-order valence-corrected chi connectivity index (χ1v) is 5.06. The van der Waals surface area contributed by atoms with Crippen molar-refractivity contribution in [3.63, 3.8) is 0 Å². The lowest BCUT2D eigenvalue weighted by Crippen LogP contribution is -2.25. The van der Waals surface area contributed by atoms with Crippen LogP contribution in [-0.2, 0) is 0 Å². The minimum Gasteiger partial charge on any atom is -0.496 e. The van der Waals surface area contributed by atoms with E-state index in [1.165, 1.54) is 0 Å². The molecule has 0 unspecified atom stereocenters. The van der Waals surface area contributed by atoms with E-state index < -0.39 is 6.10 Å². The van der Waals surface area contributed by atoms with Crippen LogP contribution in [0.15, 0.2) is 12.1 Å². The zero-order valence-electron chi connectivity index (χ0n) is 9.74. The van der Waals surface area contributed by atoms with Gasteiger partial charge in [-0.15, -0.1) is 0 Å². The molecular formula is C12H19NO2. The predicted octanol–water partition coefficient (Wildman–Crippen LogP) is 1.69. The zero-order chi connectivity index (χ0) is 11.6. The van der Waals surface area contributed by atoms with Gasteiger partial charge >= 0.3 is 0 Å². The molecule has 0 fully saturated rings. The summed E-state index contributed by atoms with van der Waals surface area (Å²) in [6, 6.07) is 3.56. The maximum atomic E-state index is 10.00. The Morgan fingerprint density at radius 3 is 2.40 bits per heavy atom. The Balaban J connectivity index is 3.26. The first kappa shape index (κ1) is 12.0. The van der Waals surface area contributed by atoms with Crippen LogP contribution in [0, 0.1) is 13.8 Å². The standard InChI is InChI=1S/C12H19NO2/c1-7-5-6-10(15-4)8(2)11(7)12(14)9(3)13/h5-6,9,12,14H,13H2,1-4H3/t9-,12-/m0/s1. The van der Waals surface area contributed by atoms with Gasteiger partial charge in [-0.25, -0.2) is 0 Å². The van der Waals surface area contributed by atoms with E-state index in [1.807, 2.05) is 26.0 Å². The molecule has 0 aliphatic heterocycles. The van der Waals surface area contributed by atoms with Gasteiger partial charge in [0, 0.05) is 6.04 Å². The second-order valence-electron chi connectivity index (χ2n) is 3.93. The van der Waals surface area contributed by atoms with Crippen LogP contribution in [0.4, 0.5) is 0 Å². The quantitative estimate of drug-likeness (QED) is 0.796. The van der Waals surface area contributed by atoms with Gasteiger partial charge in [0.15, 0.2) is 0 Å². The molecule has 0 aliphatic rings. The summed E-state index contributed by atoms with van der Waals surface area (Å²) in [5.74, 6) is 0.787. The molecule has 0 aliphatic carbocycles. The zero-order valence-corrected chi connectivity index (χ0v) is 9.74. The summed E-state index contributed by atoms with van der Waals surface area (Å²) in [4.78, 5) is 0. The van der Waals surface area contributed by atoms with Crippen molar-refractivity contribution in [1.29, 1.82) is 0 Å². The lowest BCUT2D eigenvalue weighted by molar-refractivity contribution is 0.151. The van der Waals surface area contributed by atoms with Crippen molar-refractivity contribution in [2.24, 2.45) is 5.73 Å². The normalized spacial score (nSPS) is 14.8. The third-order valence-electron chi connectivity index (χ3n) is 2.70. The number of nitrogens with two attached hydrogens (primary N) is 1. The fourth-order valence-electron chi connectivity index (χ4n) is 1.78. The van der Waals surface area contributed by atoms with E-state index in [4.69, 9.17) is 10.5 Å². The monoisotopic (exact) mass is 209 g/mol. The van der Waals surface area contributed by atoms with Crippen molar-refractivity contribution in [3.05, 3.63) is 28.8 Å². The molecule has 0 bridgehead atoms. The molecular weight excluding hydrogens is 190 g/mol. The SMILES string of the molecule is COc1ccc(C)c([C@@H](O)[C@H](C)N)c1C. The summed E-state index contributed by atoms with van der Waals surface area (Å²) in [6.07, 6.45) is -0.639. The highest BCUT2D eigenvalue weighted by Gasteiger charge is 2.19. The number of hydrogen-bond acceptors (Lipinski definition) is 3. The summed E-state index contributed by atoms with van der Waals surface area (Å²) in [5, 5.41) is 10.00. The van der Waals surface area contributed by atoms with E-state index in [0.29, 0.717) is 0 Å². The van der Waals surface area contributed by atoms with Crippen molar-refractivity contribution in [3.8, 4) is 5.75 Å². The van der Waals surface area contributed by atoms with Crippen LogP contribution < -0.4 is 10.5 Å². The van der Waals surface area contributed by atoms with Gasteiger partial charge < -0.3 is 15.6 Å². The van der Waals surface area contributed by atoms with Crippen molar-refractivity contribution in [2.45, 2.75) is 32.9 Å². The Morgan fingerprint density at radius 1 is 1.33 bits per heavy atom. The summed E-state index contributed by atoms with van der Waals surface area (Å²) in [5.41, 5.74) is 8.59.